The number of hydrogen-bond acceptors (Lipinski definition) is 4. The third-order valence-corrected chi connectivity index (χ3v) is 4.63. The Morgan fingerprint density at radius 1 is 1.16 bits per heavy atom. The minimum Gasteiger partial charge on any atom is -0.486 e. The van der Waals surface area contributed by atoms with Crippen molar-refractivity contribution in [3.63, 3.8) is 0 Å². The molecule has 4 rings (SSSR count). The molecule has 6 nitrogen and oxygen atoms in total. The van der Waals surface area contributed by atoms with Crippen LogP contribution in [0.1, 0.15) is 30.9 Å². The number of amides is 2. The summed E-state index contributed by atoms with van der Waals surface area (Å²) in [7, 11) is 0. The van der Waals surface area contributed by atoms with Gasteiger partial charge in [0.15, 0.2) is 11.5 Å². The highest BCUT2D eigenvalue weighted by molar-refractivity contribution is 5.90. The molecule has 1 fully saturated rings. The molecule has 1 aromatic carbocycles. The van der Waals surface area contributed by atoms with Gasteiger partial charge >= 0.3 is 6.03 Å². The molecule has 0 unspecified atom stereocenters. The Labute approximate surface area is 146 Å². The molecule has 1 saturated heterocycles. The van der Waals surface area contributed by atoms with Crippen LogP contribution in [0.4, 0.5) is 10.5 Å². The minimum absolute atomic E-state index is 0.0691. The van der Waals surface area contributed by atoms with Gasteiger partial charge in [-0.15, -0.1) is 0 Å². The minimum atomic E-state index is -0.0924. The van der Waals surface area contributed by atoms with E-state index in [0.717, 1.165) is 37.1 Å². The molecule has 130 valence electrons. The second-order valence-electron chi connectivity index (χ2n) is 6.28. The van der Waals surface area contributed by atoms with Gasteiger partial charge in [0, 0.05) is 30.7 Å². The number of piperidine rings is 1. The van der Waals surface area contributed by atoms with Gasteiger partial charge in [0.2, 0.25) is 0 Å². The molecule has 1 atom stereocenters. The van der Waals surface area contributed by atoms with E-state index in [2.05, 4.69) is 10.3 Å². The summed E-state index contributed by atoms with van der Waals surface area (Å²) in [4.78, 5) is 18.9. The molecule has 2 aliphatic rings. The highest BCUT2D eigenvalue weighted by Crippen LogP contribution is 2.34. The zero-order chi connectivity index (χ0) is 17.1. The van der Waals surface area contributed by atoms with Crippen LogP contribution in [0.15, 0.2) is 42.7 Å². The van der Waals surface area contributed by atoms with Crippen molar-refractivity contribution in [2.45, 2.75) is 25.3 Å². The van der Waals surface area contributed by atoms with Crippen molar-refractivity contribution < 1.29 is 14.3 Å². The lowest BCUT2D eigenvalue weighted by Crippen LogP contribution is -2.41. The molecular formula is C19H21N3O3. The molecule has 0 aliphatic carbocycles. The molecule has 6 heteroatoms. The maximum Gasteiger partial charge on any atom is 0.322 e. The number of fused-ring (bicyclic) bond motifs is 1. The van der Waals surface area contributed by atoms with Crippen LogP contribution in [0.3, 0.4) is 0 Å². The summed E-state index contributed by atoms with van der Waals surface area (Å²) in [6.07, 6.45) is 6.70. The molecule has 0 saturated carbocycles. The Kier molecular flexibility index (Phi) is 4.41. The summed E-state index contributed by atoms with van der Waals surface area (Å²) in [5.74, 6) is 1.39. The number of rotatable bonds is 2. The predicted molar refractivity (Wildman–Crippen MR) is 94.0 cm³/mol. The SMILES string of the molecule is O=C(Nc1ccc2c(c1)OCCO2)N1CCCC[C@H]1c1cccnc1. The smallest absolute Gasteiger partial charge is 0.322 e. The Hall–Kier alpha value is -2.76. The number of carbonyl (C=O) groups excluding carboxylic acids is 1. The number of aromatic nitrogens is 1. The topological polar surface area (TPSA) is 63.7 Å². The molecule has 0 radical (unpaired) electrons. The molecule has 3 heterocycles. The van der Waals surface area contributed by atoms with Crippen molar-refractivity contribution >= 4 is 11.7 Å². The van der Waals surface area contributed by atoms with E-state index in [0.29, 0.717) is 24.7 Å². The van der Waals surface area contributed by atoms with Crippen LogP contribution in [0.5, 0.6) is 11.5 Å². The summed E-state index contributed by atoms with van der Waals surface area (Å²) in [6.45, 7) is 1.83. The first-order valence-corrected chi connectivity index (χ1v) is 8.68. The first kappa shape index (κ1) is 15.7. The fraction of sp³-hybridized carbons (Fsp3) is 0.368. The van der Waals surface area contributed by atoms with Gasteiger partial charge in [0.05, 0.1) is 6.04 Å². The molecule has 2 aromatic rings. The van der Waals surface area contributed by atoms with Crippen molar-refractivity contribution in [3.8, 4) is 11.5 Å². The molecule has 2 amide bonds. The van der Waals surface area contributed by atoms with Crippen LogP contribution in [-0.4, -0.2) is 35.7 Å². The van der Waals surface area contributed by atoms with Crippen LogP contribution in [-0.2, 0) is 0 Å². The van der Waals surface area contributed by atoms with Crippen molar-refractivity contribution in [1.82, 2.24) is 9.88 Å². The average Bonchev–Trinajstić information content (AvgIpc) is 2.68. The number of urea groups is 1. The van der Waals surface area contributed by atoms with E-state index in [1.165, 1.54) is 0 Å². The standard InChI is InChI=1S/C19H21N3O3/c23-19(21-15-6-7-17-18(12-15)25-11-10-24-17)22-9-2-1-5-16(22)14-4-3-8-20-13-14/h3-4,6-8,12-13,16H,1-2,5,9-11H2,(H,21,23)/t16-/m0/s1. The molecule has 0 spiro atoms. The average molecular weight is 339 g/mol. The normalized spacial score (nSPS) is 19.4. The fourth-order valence-corrected chi connectivity index (χ4v) is 3.41. The van der Waals surface area contributed by atoms with Gasteiger partial charge in [-0.1, -0.05) is 6.07 Å². The summed E-state index contributed by atoms with van der Waals surface area (Å²) >= 11 is 0. The highest BCUT2D eigenvalue weighted by atomic mass is 16.6. The lowest BCUT2D eigenvalue weighted by molar-refractivity contribution is 0.163. The molecule has 0 bridgehead atoms. The molecule has 1 N–H and O–H groups in total. The number of nitrogens with one attached hydrogen (secondary N) is 1. The molecule has 25 heavy (non-hydrogen) atoms. The van der Waals surface area contributed by atoms with Crippen molar-refractivity contribution in [1.29, 1.82) is 0 Å². The van der Waals surface area contributed by atoms with Gasteiger partial charge < -0.3 is 19.7 Å². The van der Waals surface area contributed by atoms with Gasteiger partial charge in [-0.3, -0.25) is 4.98 Å². The summed E-state index contributed by atoms with van der Waals surface area (Å²) in [6, 6.07) is 9.42. The lowest BCUT2D eigenvalue weighted by Gasteiger charge is -2.36. The fourth-order valence-electron chi connectivity index (χ4n) is 3.41. The van der Waals surface area contributed by atoms with Crippen molar-refractivity contribution in [2.24, 2.45) is 0 Å². The maximum absolute atomic E-state index is 12.8. The Morgan fingerprint density at radius 2 is 2.04 bits per heavy atom. The Morgan fingerprint density at radius 3 is 2.88 bits per heavy atom. The Bertz CT molecular complexity index is 751. The monoisotopic (exact) mass is 339 g/mol. The van der Waals surface area contributed by atoms with Crippen LogP contribution < -0.4 is 14.8 Å². The maximum atomic E-state index is 12.8. The number of ether oxygens (including phenoxy) is 2. The van der Waals surface area contributed by atoms with Crippen molar-refractivity contribution in [2.75, 3.05) is 25.1 Å². The third-order valence-electron chi connectivity index (χ3n) is 4.63. The summed E-state index contributed by atoms with van der Waals surface area (Å²) in [5, 5.41) is 2.99. The van der Waals surface area contributed by atoms with Gasteiger partial charge in [-0.2, -0.15) is 0 Å². The van der Waals surface area contributed by atoms with Gasteiger partial charge in [-0.05, 0) is 43.0 Å². The first-order chi connectivity index (χ1) is 12.3. The number of anilines is 1. The van der Waals surface area contributed by atoms with Crippen LogP contribution in [0, 0.1) is 0 Å². The van der Waals surface area contributed by atoms with Crippen LogP contribution in [0.25, 0.3) is 0 Å². The highest BCUT2D eigenvalue weighted by Gasteiger charge is 2.28. The second-order valence-corrected chi connectivity index (χ2v) is 6.28. The van der Waals surface area contributed by atoms with E-state index in [9.17, 15) is 4.79 Å². The number of likely N-dealkylation sites (tertiary alicyclic amines) is 1. The van der Waals surface area contributed by atoms with E-state index in [4.69, 9.17) is 9.47 Å². The molecular weight excluding hydrogens is 318 g/mol. The van der Waals surface area contributed by atoms with Crippen molar-refractivity contribution in [3.05, 3.63) is 48.3 Å². The quantitative estimate of drug-likeness (QED) is 0.908. The van der Waals surface area contributed by atoms with Crippen LogP contribution in [0.2, 0.25) is 0 Å². The summed E-state index contributed by atoms with van der Waals surface area (Å²) in [5.41, 5.74) is 1.80. The zero-order valence-electron chi connectivity index (χ0n) is 14.0. The van der Waals surface area contributed by atoms with E-state index in [-0.39, 0.29) is 12.1 Å². The first-order valence-electron chi connectivity index (χ1n) is 8.68. The third kappa shape index (κ3) is 3.38. The number of carbonyl (C=O) groups is 1. The van der Waals surface area contributed by atoms with E-state index in [1.807, 2.05) is 41.4 Å². The number of pyridine rings is 1. The largest absolute Gasteiger partial charge is 0.486 e. The van der Waals surface area contributed by atoms with Gasteiger partial charge in [-0.25, -0.2) is 4.79 Å². The molecule has 1 aromatic heterocycles. The van der Waals surface area contributed by atoms with Crippen LogP contribution >= 0.6 is 0 Å². The number of hydrogen-bond donors (Lipinski definition) is 1. The van der Waals surface area contributed by atoms with E-state index in [1.54, 1.807) is 6.20 Å². The number of benzene rings is 1. The van der Waals surface area contributed by atoms with Gasteiger partial charge in [0.25, 0.3) is 0 Å². The Balaban J connectivity index is 1.51. The van der Waals surface area contributed by atoms with E-state index >= 15 is 0 Å². The predicted octanol–water partition coefficient (Wildman–Crippen LogP) is 3.61. The summed E-state index contributed by atoms with van der Waals surface area (Å²) < 4.78 is 11.1. The zero-order valence-corrected chi connectivity index (χ0v) is 14.0. The van der Waals surface area contributed by atoms with Gasteiger partial charge in [0.1, 0.15) is 13.2 Å². The van der Waals surface area contributed by atoms with E-state index < -0.39 is 0 Å². The number of nitrogens with zero attached hydrogens (tertiary/aromatic N) is 2. The molecule has 2 aliphatic heterocycles. The second kappa shape index (κ2) is 7.01. The lowest BCUT2D eigenvalue weighted by atomic mass is 9.97.